The summed E-state index contributed by atoms with van der Waals surface area (Å²) in [5.41, 5.74) is 1.28. The van der Waals surface area contributed by atoms with Gasteiger partial charge in [0.05, 0.1) is 25.5 Å². The maximum absolute atomic E-state index is 12.3. The van der Waals surface area contributed by atoms with Crippen molar-refractivity contribution in [2.75, 3.05) is 19.5 Å². The molecule has 0 spiro atoms. The molecule has 0 unspecified atom stereocenters. The third kappa shape index (κ3) is 4.27. The lowest BCUT2D eigenvalue weighted by molar-refractivity contribution is -0.117. The number of aromatic nitrogens is 4. The lowest BCUT2D eigenvalue weighted by Gasteiger charge is -2.11. The summed E-state index contributed by atoms with van der Waals surface area (Å²) in [5, 5.41) is 14.7. The highest BCUT2D eigenvalue weighted by Crippen LogP contribution is 2.23. The van der Waals surface area contributed by atoms with Gasteiger partial charge in [-0.3, -0.25) is 4.79 Å². The van der Waals surface area contributed by atoms with Gasteiger partial charge in [-0.05, 0) is 23.4 Å². The second kappa shape index (κ2) is 8.09. The molecule has 9 heteroatoms. The predicted molar refractivity (Wildman–Crippen MR) is 96.2 cm³/mol. The topological polar surface area (TPSA) is 108 Å². The van der Waals surface area contributed by atoms with Gasteiger partial charge in [-0.25, -0.2) is 4.79 Å². The third-order valence-corrected chi connectivity index (χ3v) is 3.68. The molecule has 0 aliphatic heterocycles. The van der Waals surface area contributed by atoms with Gasteiger partial charge in [0, 0.05) is 5.56 Å². The number of benzene rings is 2. The first kappa shape index (κ1) is 18.1. The number of tetrazole rings is 1. The molecule has 27 heavy (non-hydrogen) atoms. The molecule has 3 aromatic rings. The van der Waals surface area contributed by atoms with E-state index in [0.717, 1.165) is 5.56 Å². The van der Waals surface area contributed by atoms with Crippen molar-refractivity contribution in [3.8, 4) is 17.1 Å². The summed E-state index contributed by atoms with van der Waals surface area (Å²) in [7, 11) is 2.74. The fourth-order valence-corrected chi connectivity index (χ4v) is 2.37. The molecule has 0 aliphatic carbocycles. The molecule has 9 nitrogen and oxygen atoms in total. The Bertz CT molecular complexity index is 955. The van der Waals surface area contributed by atoms with Gasteiger partial charge in [0.25, 0.3) is 0 Å². The Balaban J connectivity index is 1.73. The summed E-state index contributed by atoms with van der Waals surface area (Å²) in [6.45, 7) is -0.160. The van der Waals surface area contributed by atoms with Crippen molar-refractivity contribution in [1.82, 2.24) is 20.2 Å². The number of nitrogens with zero attached hydrogens (tertiary/aromatic N) is 4. The van der Waals surface area contributed by atoms with Crippen LogP contribution in [-0.4, -0.2) is 46.3 Å². The number of carbonyl (C=O) groups excluding carboxylic acids is 2. The van der Waals surface area contributed by atoms with Crippen molar-refractivity contribution in [2.24, 2.45) is 0 Å². The monoisotopic (exact) mass is 367 g/mol. The molecule has 0 atom stereocenters. The highest BCUT2D eigenvalue weighted by molar-refractivity contribution is 6.01. The van der Waals surface area contributed by atoms with Gasteiger partial charge in [0.2, 0.25) is 11.7 Å². The van der Waals surface area contributed by atoms with Gasteiger partial charge in [0.15, 0.2) is 0 Å². The Morgan fingerprint density at radius 2 is 1.89 bits per heavy atom. The highest BCUT2D eigenvalue weighted by Gasteiger charge is 2.16. The average molecular weight is 367 g/mol. The van der Waals surface area contributed by atoms with E-state index in [2.05, 4.69) is 20.7 Å². The maximum atomic E-state index is 12.3. The van der Waals surface area contributed by atoms with Gasteiger partial charge in [-0.1, -0.05) is 30.3 Å². The van der Waals surface area contributed by atoms with Crippen molar-refractivity contribution >= 4 is 17.6 Å². The van der Waals surface area contributed by atoms with Crippen LogP contribution in [0.15, 0.2) is 48.5 Å². The van der Waals surface area contributed by atoms with Crippen molar-refractivity contribution in [2.45, 2.75) is 6.54 Å². The Morgan fingerprint density at radius 1 is 1.11 bits per heavy atom. The van der Waals surface area contributed by atoms with Crippen LogP contribution in [0.5, 0.6) is 5.75 Å². The minimum Gasteiger partial charge on any atom is -0.497 e. The van der Waals surface area contributed by atoms with Crippen LogP contribution in [0.3, 0.4) is 0 Å². The number of anilines is 1. The fourth-order valence-electron chi connectivity index (χ4n) is 2.37. The van der Waals surface area contributed by atoms with Gasteiger partial charge in [0.1, 0.15) is 12.3 Å². The molecule has 1 amide bonds. The van der Waals surface area contributed by atoms with Gasteiger partial charge >= 0.3 is 5.97 Å². The maximum Gasteiger partial charge on any atom is 0.340 e. The minimum absolute atomic E-state index is 0.160. The molecule has 0 saturated carbocycles. The SMILES string of the molecule is COC(=O)c1cc(OC)ccc1NC(=O)Cn1nnc(-c2ccccc2)n1. The van der Waals surface area contributed by atoms with Crippen LogP contribution in [0.2, 0.25) is 0 Å². The Labute approximate surface area is 154 Å². The molecule has 3 rings (SSSR count). The molecular weight excluding hydrogens is 350 g/mol. The van der Waals surface area contributed by atoms with Crippen molar-refractivity contribution < 1.29 is 19.1 Å². The van der Waals surface area contributed by atoms with Crippen molar-refractivity contribution in [3.63, 3.8) is 0 Å². The van der Waals surface area contributed by atoms with Crippen LogP contribution in [0.4, 0.5) is 5.69 Å². The molecule has 0 aliphatic rings. The molecule has 1 aromatic heterocycles. The van der Waals surface area contributed by atoms with E-state index in [1.165, 1.54) is 25.1 Å². The van der Waals surface area contributed by atoms with Crippen LogP contribution in [-0.2, 0) is 16.1 Å². The number of hydrogen-bond acceptors (Lipinski definition) is 7. The molecular formula is C18H17N5O4. The number of methoxy groups -OCH3 is 2. The van der Waals surface area contributed by atoms with Crippen LogP contribution in [0.25, 0.3) is 11.4 Å². The average Bonchev–Trinajstić information content (AvgIpc) is 3.16. The number of amides is 1. The second-order valence-corrected chi connectivity index (χ2v) is 5.46. The second-order valence-electron chi connectivity index (χ2n) is 5.46. The zero-order valence-corrected chi connectivity index (χ0v) is 14.7. The van der Waals surface area contributed by atoms with Crippen molar-refractivity contribution in [1.29, 1.82) is 0 Å². The van der Waals surface area contributed by atoms with Crippen LogP contribution < -0.4 is 10.1 Å². The lowest BCUT2D eigenvalue weighted by atomic mass is 10.1. The molecule has 1 N–H and O–H groups in total. The first-order chi connectivity index (χ1) is 13.1. The van der Waals surface area contributed by atoms with E-state index in [-0.39, 0.29) is 12.1 Å². The van der Waals surface area contributed by atoms with Crippen LogP contribution in [0, 0.1) is 0 Å². The Hall–Kier alpha value is -3.75. The standard InChI is InChI=1S/C18H17N5O4/c1-26-13-8-9-15(14(10-13)18(25)27-2)19-16(24)11-23-21-17(20-22-23)12-6-4-3-5-7-12/h3-10H,11H2,1-2H3,(H,19,24). The number of ether oxygens (including phenoxy) is 2. The summed E-state index contributed by atoms with van der Waals surface area (Å²) in [6, 6.07) is 14.0. The van der Waals surface area contributed by atoms with Gasteiger partial charge in [-0.15, -0.1) is 10.2 Å². The van der Waals surface area contributed by atoms with Crippen LogP contribution >= 0.6 is 0 Å². The predicted octanol–water partition coefficient (Wildman–Crippen LogP) is 1.77. The third-order valence-electron chi connectivity index (χ3n) is 3.68. The Morgan fingerprint density at radius 3 is 2.59 bits per heavy atom. The number of hydrogen-bond donors (Lipinski definition) is 1. The molecule has 138 valence electrons. The summed E-state index contributed by atoms with van der Waals surface area (Å²) in [6.07, 6.45) is 0. The summed E-state index contributed by atoms with van der Waals surface area (Å²) >= 11 is 0. The summed E-state index contributed by atoms with van der Waals surface area (Å²) in [4.78, 5) is 25.4. The molecule has 0 bridgehead atoms. The molecule has 1 heterocycles. The number of rotatable bonds is 6. The van der Waals surface area contributed by atoms with Crippen molar-refractivity contribution in [3.05, 3.63) is 54.1 Å². The Kier molecular flexibility index (Phi) is 5.41. The normalized spacial score (nSPS) is 10.3. The zero-order chi connectivity index (χ0) is 19.2. The number of carbonyl (C=O) groups is 2. The van der Waals surface area contributed by atoms with E-state index in [9.17, 15) is 9.59 Å². The van der Waals surface area contributed by atoms with E-state index in [0.29, 0.717) is 17.3 Å². The number of nitrogens with one attached hydrogen (secondary N) is 1. The quantitative estimate of drug-likeness (QED) is 0.662. The molecule has 0 saturated heterocycles. The zero-order valence-electron chi connectivity index (χ0n) is 14.7. The molecule has 0 fully saturated rings. The fraction of sp³-hybridized carbons (Fsp3) is 0.167. The summed E-state index contributed by atoms with van der Waals surface area (Å²) in [5.74, 6) is -0.112. The molecule has 0 radical (unpaired) electrons. The lowest BCUT2D eigenvalue weighted by Crippen LogP contribution is -2.22. The first-order valence-electron chi connectivity index (χ1n) is 8.00. The first-order valence-corrected chi connectivity index (χ1v) is 8.00. The summed E-state index contributed by atoms with van der Waals surface area (Å²) < 4.78 is 9.84. The van der Waals surface area contributed by atoms with E-state index in [1.54, 1.807) is 12.1 Å². The smallest absolute Gasteiger partial charge is 0.340 e. The van der Waals surface area contributed by atoms with E-state index >= 15 is 0 Å². The van der Waals surface area contributed by atoms with Gasteiger partial charge in [-0.2, -0.15) is 4.80 Å². The van der Waals surface area contributed by atoms with Crippen LogP contribution in [0.1, 0.15) is 10.4 Å². The largest absolute Gasteiger partial charge is 0.497 e. The minimum atomic E-state index is -0.588. The highest BCUT2D eigenvalue weighted by atomic mass is 16.5. The van der Waals surface area contributed by atoms with Gasteiger partial charge < -0.3 is 14.8 Å². The van der Waals surface area contributed by atoms with E-state index in [4.69, 9.17) is 9.47 Å². The number of esters is 1. The molecule has 2 aromatic carbocycles. The van der Waals surface area contributed by atoms with E-state index in [1.807, 2.05) is 30.3 Å². The van der Waals surface area contributed by atoms with E-state index < -0.39 is 11.9 Å².